The second-order valence-electron chi connectivity index (χ2n) is 25.2. The molecule has 15 nitrogen and oxygen atoms in total. The molecule has 0 amide bonds. The van der Waals surface area contributed by atoms with E-state index in [-0.39, 0.29) is 39.0 Å². The van der Waals surface area contributed by atoms with Gasteiger partial charge in [0.1, 0.15) is 41.9 Å². The molecule has 4 aromatic heterocycles. The van der Waals surface area contributed by atoms with E-state index in [1.165, 1.54) is 14.0 Å². The van der Waals surface area contributed by atoms with Gasteiger partial charge in [0.15, 0.2) is 22.8 Å². The number of halogens is 3. The highest BCUT2D eigenvalue weighted by atomic mass is 32.2. The first-order valence-electron chi connectivity index (χ1n) is 28.2. The van der Waals surface area contributed by atoms with Gasteiger partial charge >= 0.3 is 15.6 Å². The second-order valence-corrected chi connectivity index (χ2v) is 36.3. The van der Waals surface area contributed by atoms with Crippen LogP contribution in [0.15, 0.2) is 54.7 Å². The lowest BCUT2D eigenvalue weighted by molar-refractivity contribution is -0.614. The lowest BCUT2D eigenvalue weighted by Gasteiger charge is -2.35. The molecule has 0 saturated heterocycles. The van der Waals surface area contributed by atoms with Crippen molar-refractivity contribution in [2.45, 2.75) is 188 Å². The number of benzene rings is 4. The lowest BCUT2D eigenvalue weighted by Crippen LogP contribution is -2.43. The number of nitrogens with zero attached hydrogens (tertiary/aromatic N) is 4. The van der Waals surface area contributed by atoms with Crippen LogP contribution in [0.25, 0.3) is 54.5 Å². The van der Waals surface area contributed by atoms with Gasteiger partial charge in [-0.15, -0.1) is 0 Å². The van der Waals surface area contributed by atoms with Gasteiger partial charge in [0.25, 0.3) is 5.69 Å². The summed E-state index contributed by atoms with van der Waals surface area (Å²) in [5, 5.41) is 33.3. The average molecular weight is 1290 g/mol. The summed E-state index contributed by atoms with van der Waals surface area (Å²) in [6.07, 6.45) is 1.62. The number of ether oxygens (including phenoxy) is 4. The van der Waals surface area contributed by atoms with Crippen molar-refractivity contribution >= 4 is 69.8 Å². The van der Waals surface area contributed by atoms with Crippen molar-refractivity contribution in [2.75, 3.05) is 28.4 Å². The normalized spacial score (nSPS) is 12.1. The van der Waals surface area contributed by atoms with E-state index in [0.717, 1.165) is 115 Å². The molecule has 0 aliphatic rings. The highest BCUT2D eigenvalue weighted by Crippen LogP contribution is 2.43. The van der Waals surface area contributed by atoms with Gasteiger partial charge in [0, 0.05) is 45.4 Å². The van der Waals surface area contributed by atoms with E-state index in [1.54, 1.807) is 40.5 Å². The van der Waals surface area contributed by atoms with Crippen LogP contribution >= 0.6 is 0 Å². The number of aromatic nitrogens is 4. The largest absolute Gasteiger partial charge is 0.618 e. The molecule has 0 spiro atoms. The summed E-state index contributed by atoms with van der Waals surface area (Å²) < 4.78 is 101. The van der Waals surface area contributed by atoms with Gasteiger partial charge in [-0.2, -0.15) is 31.0 Å². The maximum Gasteiger partial charge on any atom is 0.534 e. The van der Waals surface area contributed by atoms with Crippen molar-refractivity contribution in [3.8, 4) is 40.3 Å². The van der Waals surface area contributed by atoms with E-state index in [2.05, 4.69) is 103 Å². The van der Waals surface area contributed by atoms with Gasteiger partial charge in [-0.25, -0.2) is 9.97 Å². The highest BCUT2D eigenvalue weighted by molar-refractivity contribution is 7.88. The second kappa shape index (κ2) is 28.2. The number of pyridine rings is 4. The van der Waals surface area contributed by atoms with Crippen molar-refractivity contribution in [1.82, 2.24) is 9.97 Å². The molecule has 0 radical (unpaired) electrons. The van der Waals surface area contributed by atoms with E-state index in [0.29, 0.717) is 51.6 Å². The van der Waals surface area contributed by atoms with Gasteiger partial charge < -0.3 is 42.4 Å². The number of rotatable bonds is 13. The fraction of sp³-hybridized carbons (Fsp3) is 0.471. The molecule has 4 aromatic carbocycles. The van der Waals surface area contributed by atoms with Gasteiger partial charge in [0.2, 0.25) is 17.3 Å². The number of methoxy groups -OCH3 is 4. The molecule has 0 fully saturated rings. The molecule has 0 aliphatic carbocycles. The number of hydrogen-bond donors (Lipinski definition) is 0. The van der Waals surface area contributed by atoms with Crippen LogP contribution in [-0.4, -0.2) is 69.0 Å². The molecule has 0 bridgehead atoms. The van der Waals surface area contributed by atoms with E-state index in [9.17, 15) is 32.0 Å². The van der Waals surface area contributed by atoms with Crippen molar-refractivity contribution in [2.24, 2.45) is 0 Å². The predicted octanol–water partition coefficient (Wildman–Crippen LogP) is 17.7. The average Bonchev–Trinajstić information content (AvgIpc) is 0.763. The van der Waals surface area contributed by atoms with Crippen LogP contribution in [0.1, 0.15) is 131 Å². The Labute approximate surface area is 529 Å². The summed E-state index contributed by atoms with van der Waals surface area (Å²) in [4.78, 5) is 8.78. The van der Waals surface area contributed by atoms with Crippen LogP contribution in [0.5, 0.6) is 28.9 Å². The number of fused-ring (bicyclic) bond motifs is 4. The van der Waals surface area contributed by atoms with Crippen molar-refractivity contribution in [3.63, 3.8) is 0 Å². The maximum absolute atomic E-state index is 14.2. The van der Waals surface area contributed by atoms with E-state index < -0.39 is 38.1 Å². The first kappa shape index (κ1) is 76.5. The fourth-order valence-electron chi connectivity index (χ4n) is 9.70. The summed E-state index contributed by atoms with van der Waals surface area (Å²) in [5.74, 6) is 2.32. The minimum atomic E-state index is -5.76. The Hall–Kier alpha value is -6.79. The first-order chi connectivity index (χ1) is 39.6. The van der Waals surface area contributed by atoms with Crippen molar-refractivity contribution in [1.29, 1.82) is 0 Å². The van der Waals surface area contributed by atoms with Gasteiger partial charge in [0.05, 0.1) is 44.9 Å². The Bertz CT molecular complexity index is 4050. The maximum atomic E-state index is 14.2. The Kier molecular flexibility index (Phi) is 24.2. The van der Waals surface area contributed by atoms with Crippen LogP contribution in [-0.2, 0) is 32.2 Å². The molecule has 0 saturated carbocycles. The van der Waals surface area contributed by atoms with Crippen LogP contribution in [0.2, 0.25) is 36.3 Å². The highest BCUT2D eigenvalue weighted by Gasteiger charge is 2.49. The minimum Gasteiger partial charge on any atom is -0.618 e. The summed E-state index contributed by atoms with van der Waals surface area (Å²) in [5.41, 5.74) is 6.12. The minimum absolute atomic E-state index is 0. The summed E-state index contributed by atoms with van der Waals surface area (Å²) in [6, 6.07) is 14.9. The van der Waals surface area contributed by atoms with Crippen LogP contribution in [0.4, 0.5) is 13.2 Å². The molecule has 490 valence electrons. The molecule has 0 aliphatic heterocycles. The quantitative estimate of drug-likeness (QED) is 0.0350. The third kappa shape index (κ3) is 15.5. The SMILES string of the molecule is C.C.C.COc1c(C)c(C)cc2c(-c3cc4cc(C)c(C)c(OC)c4c(C)n3)[n+]([O-])c(CO[Si](C)(C)C(C)(C)C)cc12.COc1c(C)c(C)cc2c[n+]([O-])c(CO[Si](C)(C)C(C)(C)C)cc12.COc1c(C)c(C)cc2cc(OS(=O)(=O)C(F)(F)F)nc(C)c12. The van der Waals surface area contributed by atoms with Gasteiger partial charge in [-0.3, -0.25) is 0 Å². The molecular weight excluding hydrogens is 1190 g/mol. The van der Waals surface area contributed by atoms with Crippen LogP contribution in [0.3, 0.4) is 0 Å². The Morgan fingerprint density at radius 2 is 0.888 bits per heavy atom. The molecule has 8 rings (SSSR count). The van der Waals surface area contributed by atoms with E-state index in [4.69, 9.17) is 32.8 Å². The first-order valence-corrected chi connectivity index (χ1v) is 35.4. The topological polar surface area (TPSA) is 178 Å². The van der Waals surface area contributed by atoms with Crippen LogP contribution in [0, 0.1) is 79.7 Å². The summed E-state index contributed by atoms with van der Waals surface area (Å²) in [7, 11) is -3.25. The lowest BCUT2D eigenvalue weighted by atomic mass is 9.96. The Morgan fingerprint density at radius 1 is 0.506 bits per heavy atom. The number of aryl methyl sites for hydroxylation is 6. The molecule has 0 N–H and O–H groups in total. The zero-order valence-corrected chi connectivity index (χ0v) is 57.2. The molecular formula is C68H97F3N4O11SSi2. The van der Waals surface area contributed by atoms with E-state index in [1.807, 2.05) is 65.8 Å². The predicted molar refractivity (Wildman–Crippen MR) is 362 cm³/mol. The van der Waals surface area contributed by atoms with Crippen molar-refractivity contribution in [3.05, 3.63) is 132 Å². The zero-order valence-electron chi connectivity index (χ0n) is 54.4. The van der Waals surface area contributed by atoms with Gasteiger partial charge in [-0.05, 0) is 179 Å². The number of hydrogen-bond acceptors (Lipinski definition) is 13. The van der Waals surface area contributed by atoms with Crippen LogP contribution < -0.4 is 32.6 Å². The number of alkyl halides is 3. The summed E-state index contributed by atoms with van der Waals surface area (Å²) in [6.45, 7) is 42.0. The zero-order chi connectivity index (χ0) is 64.9. The molecule has 21 heteroatoms. The third-order valence-corrected chi connectivity index (χ3v) is 27.3. The Balaban J connectivity index is 0.000000361. The monoisotopic (exact) mass is 1290 g/mol. The smallest absolute Gasteiger partial charge is 0.534 e. The molecule has 0 atom stereocenters. The molecule has 0 unspecified atom stereocenters. The Morgan fingerprint density at radius 3 is 1.33 bits per heavy atom. The fourth-order valence-corrected chi connectivity index (χ4v) is 12.0. The molecule has 4 heterocycles. The van der Waals surface area contributed by atoms with E-state index >= 15 is 0 Å². The van der Waals surface area contributed by atoms with Crippen molar-refractivity contribution < 1.29 is 63.0 Å². The third-order valence-electron chi connectivity index (χ3n) is 17.4. The standard InChI is InChI=1S/C32H42N2O4Si.C19H29NO3Si.C14H14F3NO4S.3CH4/c1-18-13-23-15-27(33-22(5)28(23)31(37-10)21(18)4)29-25-14-19(2)20(3)30(36-9)26(25)16-24(34(29)35)17-38-39(11,12)32(6,7)8;1-13-9-15-11-20(21)16(10-17(15)18(22-6)14(13)2)12-23-24(7,8)19(3,4)5;1-7-5-10-6-11(22-23(19,20)14(15,16)17)18-9(3)12(10)13(21-4)8(7)2;;;/h13-16H,17H2,1-12H3;9-11H,12H2,1-8H3;5-6H,1-4H3;3*1H4. The summed E-state index contributed by atoms with van der Waals surface area (Å²) >= 11 is 0. The molecule has 89 heavy (non-hydrogen) atoms. The molecule has 8 aromatic rings. The van der Waals surface area contributed by atoms with Gasteiger partial charge in [-0.1, -0.05) is 76.0 Å².